The van der Waals surface area contributed by atoms with Gasteiger partial charge < -0.3 is 15.0 Å². The van der Waals surface area contributed by atoms with E-state index in [4.69, 9.17) is 4.74 Å². The summed E-state index contributed by atoms with van der Waals surface area (Å²) in [5, 5.41) is 4.81. The van der Waals surface area contributed by atoms with Crippen LogP contribution in [-0.2, 0) is 9.53 Å². The normalized spacial score (nSPS) is 21.7. The number of carbonyl (C=O) groups excluding carboxylic acids is 2. The van der Waals surface area contributed by atoms with Gasteiger partial charge in [0.25, 0.3) is 5.91 Å². The Hall–Kier alpha value is -1.40. The molecule has 2 rings (SSSR count). The first-order valence-corrected chi connectivity index (χ1v) is 8.54. The second-order valence-electron chi connectivity index (χ2n) is 5.80. The zero-order valence-electron chi connectivity index (χ0n) is 13.4. The second kappa shape index (κ2) is 7.74. The summed E-state index contributed by atoms with van der Waals surface area (Å²) in [4.78, 5) is 27.5. The lowest BCUT2D eigenvalue weighted by Gasteiger charge is -2.37. The number of carbonyl (C=O) groups is 2. The maximum absolute atomic E-state index is 12.7. The molecule has 0 saturated carbocycles. The van der Waals surface area contributed by atoms with Crippen molar-refractivity contribution in [2.24, 2.45) is 5.92 Å². The van der Waals surface area contributed by atoms with Crippen LogP contribution in [-0.4, -0.2) is 49.6 Å². The summed E-state index contributed by atoms with van der Waals surface area (Å²) in [5.74, 6) is -0.0590. The largest absolute Gasteiger partial charge is 0.383 e. The van der Waals surface area contributed by atoms with Gasteiger partial charge in [-0.15, -0.1) is 11.3 Å². The number of nitrogens with one attached hydrogen (secondary N) is 1. The fraction of sp³-hybridized carbons (Fsp3) is 0.625. The number of nitrogens with zero attached hydrogens (tertiary/aromatic N) is 1. The molecule has 2 atom stereocenters. The number of methoxy groups -OCH3 is 1. The van der Waals surface area contributed by atoms with Gasteiger partial charge in [0.15, 0.2) is 0 Å². The minimum absolute atomic E-state index is 0.0182. The molecule has 0 unspecified atom stereocenters. The fourth-order valence-corrected chi connectivity index (χ4v) is 3.63. The quantitative estimate of drug-likeness (QED) is 0.844. The van der Waals surface area contributed by atoms with Crippen molar-refractivity contribution < 1.29 is 14.3 Å². The van der Waals surface area contributed by atoms with E-state index in [1.807, 2.05) is 23.3 Å². The molecule has 1 aromatic heterocycles. The lowest BCUT2D eigenvalue weighted by atomic mass is 9.92. The molecule has 5 nitrogen and oxygen atoms in total. The minimum Gasteiger partial charge on any atom is -0.383 e. The predicted octanol–water partition coefficient (Wildman–Crippen LogP) is 2.06. The van der Waals surface area contributed by atoms with Gasteiger partial charge in [-0.1, -0.05) is 0 Å². The Bertz CT molecular complexity index is 529. The van der Waals surface area contributed by atoms with E-state index in [9.17, 15) is 9.59 Å². The molecule has 22 heavy (non-hydrogen) atoms. The van der Waals surface area contributed by atoms with Crippen LogP contribution in [0.3, 0.4) is 0 Å². The van der Waals surface area contributed by atoms with Crippen LogP contribution in [0.25, 0.3) is 0 Å². The molecule has 1 fully saturated rings. The van der Waals surface area contributed by atoms with E-state index in [1.54, 1.807) is 7.11 Å². The van der Waals surface area contributed by atoms with E-state index in [0.29, 0.717) is 19.7 Å². The molecule has 2 heterocycles. The zero-order chi connectivity index (χ0) is 16.1. The molecule has 0 radical (unpaired) electrons. The van der Waals surface area contributed by atoms with Crippen LogP contribution in [0.1, 0.15) is 35.0 Å². The van der Waals surface area contributed by atoms with Crippen LogP contribution in [0.4, 0.5) is 0 Å². The summed E-state index contributed by atoms with van der Waals surface area (Å²) < 4.78 is 4.94. The van der Waals surface area contributed by atoms with Gasteiger partial charge in [-0.25, -0.2) is 0 Å². The molecule has 0 aliphatic carbocycles. The van der Waals surface area contributed by atoms with Gasteiger partial charge in [-0.05, 0) is 43.7 Å². The number of hydrogen-bond donors (Lipinski definition) is 1. The molecular formula is C16H24N2O3S. The molecule has 2 amide bonds. The number of thiophene rings is 1. The van der Waals surface area contributed by atoms with E-state index >= 15 is 0 Å². The van der Waals surface area contributed by atoms with Crippen LogP contribution in [0.15, 0.2) is 11.4 Å². The van der Waals surface area contributed by atoms with Crippen molar-refractivity contribution in [3.8, 4) is 0 Å². The van der Waals surface area contributed by atoms with Gasteiger partial charge in [0.1, 0.15) is 0 Å². The summed E-state index contributed by atoms with van der Waals surface area (Å²) in [7, 11) is 1.61. The average Bonchev–Trinajstić information content (AvgIpc) is 2.93. The Morgan fingerprint density at radius 2 is 2.23 bits per heavy atom. The number of aryl methyl sites for hydroxylation is 1. The Labute approximate surface area is 135 Å². The lowest BCUT2D eigenvalue weighted by molar-refractivity contribution is -0.126. The standard InChI is InChI=1S/C16H24N2O3S/c1-11-6-9-22-14(11)16(20)18-10-13(5-4-12(18)2)15(19)17-7-8-21-3/h6,9,12-13H,4-5,7-8,10H2,1-3H3,(H,17,19)/t12-,13+/m1/s1. The summed E-state index contributed by atoms with van der Waals surface area (Å²) in [5.41, 5.74) is 1.01. The molecule has 0 bridgehead atoms. The maximum Gasteiger partial charge on any atom is 0.264 e. The third-order valence-electron chi connectivity index (χ3n) is 4.18. The van der Waals surface area contributed by atoms with E-state index in [2.05, 4.69) is 12.2 Å². The second-order valence-corrected chi connectivity index (χ2v) is 6.71. The van der Waals surface area contributed by atoms with Crippen LogP contribution in [0.5, 0.6) is 0 Å². The van der Waals surface area contributed by atoms with Crippen molar-refractivity contribution >= 4 is 23.2 Å². The first-order valence-electron chi connectivity index (χ1n) is 7.66. The molecule has 0 aromatic carbocycles. The highest BCUT2D eigenvalue weighted by Gasteiger charge is 2.33. The maximum atomic E-state index is 12.7. The highest BCUT2D eigenvalue weighted by molar-refractivity contribution is 7.12. The zero-order valence-corrected chi connectivity index (χ0v) is 14.2. The molecule has 1 aliphatic heterocycles. The molecule has 1 N–H and O–H groups in total. The average molecular weight is 324 g/mol. The lowest BCUT2D eigenvalue weighted by Crippen LogP contribution is -2.49. The number of amides is 2. The highest BCUT2D eigenvalue weighted by Crippen LogP contribution is 2.26. The fourth-order valence-electron chi connectivity index (χ4n) is 2.75. The van der Waals surface area contributed by atoms with Crippen molar-refractivity contribution in [1.29, 1.82) is 0 Å². The SMILES string of the molecule is COCCNC(=O)[C@H]1CC[C@@H](C)N(C(=O)c2sccc2C)C1. The van der Waals surface area contributed by atoms with Crippen LogP contribution in [0.2, 0.25) is 0 Å². The third-order valence-corrected chi connectivity index (χ3v) is 5.18. The molecular weight excluding hydrogens is 300 g/mol. The Kier molecular flexibility index (Phi) is 5.97. The van der Waals surface area contributed by atoms with E-state index in [0.717, 1.165) is 23.3 Å². The Morgan fingerprint density at radius 3 is 2.86 bits per heavy atom. The van der Waals surface area contributed by atoms with Crippen LogP contribution < -0.4 is 5.32 Å². The third kappa shape index (κ3) is 3.87. The molecule has 1 aliphatic rings. The number of rotatable bonds is 5. The predicted molar refractivity (Wildman–Crippen MR) is 87.2 cm³/mol. The molecule has 6 heteroatoms. The number of piperidine rings is 1. The minimum atomic E-state index is -0.128. The van der Waals surface area contributed by atoms with Gasteiger partial charge in [-0.3, -0.25) is 9.59 Å². The number of ether oxygens (including phenoxy) is 1. The van der Waals surface area contributed by atoms with E-state index in [1.165, 1.54) is 11.3 Å². The van der Waals surface area contributed by atoms with Gasteiger partial charge >= 0.3 is 0 Å². The van der Waals surface area contributed by atoms with Gasteiger partial charge in [0, 0.05) is 26.2 Å². The monoisotopic (exact) mass is 324 g/mol. The summed E-state index contributed by atoms with van der Waals surface area (Å²) in [6, 6.07) is 2.14. The molecule has 1 saturated heterocycles. The van der Waals surface area contributed by atoms with Crippen molar-refractivity contribution in [3.63, 3.8) is 0 Å². The van der Waals surface area contributed by atoms with Crippen molar-refractivity contribution in [2.75, 3.05) is 26.8 Å². The van der Waals surface area contributed by atoms with Gasteiger partial charge in [0.2, 0.25) is 5.91 Å². The van der Waals surface area contributed by atoms with E-state index in [-0.39, 0.29) is 23.8 Å². The van der Waals surface area contributed by atoms with E-state index < -0.39 is 0 Å². The summed E-state index contributed by atoms with van der Waals surface area (Å²) in [6.07, 6.45) is 1.69. The topological polar surface area (TPSA) is 58.6 Å². The smallest absolute Gasteiger partial charge is 0.264 e. The van der Waals surface area contributed by atoms with Gasteiger partial charge in [-0.2, -0.15) is 0 Å². The van der Waals surface area contributed by atoms with Crippen LogP contribution in [0, 0.1) is 12.8 Å². The number of hydrogen-bond acceptors (Lipinski definition) is 4. The van der Waals surface area contributed by atoms with Crippen molar-refractivity contribution in [3.05, 3.63) is 21.9 Å². The first kappa shape index (κ1) is 17.0. The molecule has 1 aromatic rings. The first-order chi connectivity index (χ1) is 10.5. The van der Waals surface area contributed by atoms with Crippen LogP contribution >= 0.6 is 11.3 Å². The molecule has 0 spiro atoms. The summed E-state index contributed by atoms with van der Waals surface area (Å²) in [6.45, 7) is 5.52. The summed E-state index contributed by atoms with van der Waals surface area (Å²) >= 11 is 1.47. The van der Waals surface area contributed by atoms with Gasteiger partial charge in [0.05, 0.1) is 17.4 Å². The number of likely N-dealkylation sites (tertiary alicyclic amines) is 1. The Morgan fingerprint density at radius 1 is 1.45 bits per heavy atom. The van der Waals surface area contributed by atoms with Crippen molar-refractivity contribution in [2.45, 2.75) is 32.7 Å². The van der Waals surface area contributed by atoms with Crippen molar-refractivity contribution in [1.82, 2.24) is 10.2 Å². The Balaban J connectivity index is 2.00. The highest BCUT2D eigenvalue weighted by atomic mass is 32.1. The molecule has 122 valence electrons.